The zero-order valence-electron chi connectivity index (χ0n) is 9.00. The average Bonchev–Trinajstić information content (AvgIpc) is 2.27. The minimum absolute atomic E-state index is 0.192. The summed E-state index contributed by atoms with van der Waals surface area (Å²) in [6, 6.07) is 10.5. The number of halogens is 2. The van der Waals surface area contributed by atoms with Gasteiger partial charge in [0, 0.05) is 22.0 Å². The van der Waals surface area contributed by atoms with E-state index in [4.69, 9.17) is 0 Å². The van der Waals surface area contributed by atoms with Gasteiger partial charge in [-0.15, -0.1) is 0 Å². The Morgan fingerprint density at radius 1 is 1.27 bits per heavy atom. The second kappa shape index (κ2) is 6.18. The lowest BCUT2D eigenvalue weighted by molar-refractivity contribution is 0.606. The topological polar surface area (TPSA) is 12.4 Å². The predicted octanol–water partition coefficient (Wildman–Crippen LogP) is 4.48. The van der Waals surface area contributed by atoms with Crippen LogP contribution in [0.15, 0.2) is 33.5 Å². The smallest absolute Gasteiger partial charge is 0.0830 e. The summed E-state index contributed by atoms with van der Waals surface area (Å²) in [6.45, 7) is 4.50. The molecule has 0 saturated heterocycles. The summed E-state index contributed by atoms with van der Waals surface area (Å²) in [5.41, 5.74) is 2.80. The lowest BCUT2D eigenvalue weighted by Gasteiger charge is -2.23. The van der Waals surface area contributed by atoms with Gasteiger partial charge in [-0.3, -0.25) is 0 Å². The Morgan fingerprint density at radius 3 is 2.33 bits per heavy atom. The van der Waals surface area contributed by atoms with Gasteiger partial charge in [0.15, 0.2) is 0 Å². The molecule has 1 aromatic carbocycles. The third-order valence-electron chi connectivity index (χ3n) is 2.43. The van der Waals surface area contributed by atoms with Gasteiger partial charge < -0.3 is 0 Å². The van der Waals surface area contributed by atoms with Crippen LogP contribution in [0, 0.1) is 5.41 Å². The van der Waals surface area contributed by atoms with Crippen LogP contribution in [0.2, 0.25) is 0 Å². The highest BCUT2D eigenvalue weighted by molar-refractivity contribution is 14.1. The largest absolute Gasteiger partial charge is 0.223 e. The lowest BCUT2D eigenvalue weighted by atomic mass is 9.86. The molecule has 0 unspecified atom stereocenters. The van der Waals surface area contributed by atoms with E-state index in [-0.39, 0.29) is 5.41 Å². The molecule has 0 N–H and O–H groups in total. The molecule has 82 valence electrons. The van der Waals surface area contributed by atoms with E-state index >= 15 is 0 Å². The van der Waals surface area contributed by atoms with E-state index in [0.29, 0.717) is 0 Å². The monoisotopic (exact) mass is 427 g/mol. The van der Waals surface area contributed by atoms with E-state index in [9.17, 15) is 0 Å². The molecule has 0 aliphatic rings. The van der Waals surface area contributed by atoms with Crippen LogP contribution in [0.4, 0.5) is 0 Å². The molecular formula is C12H15I2N. The maximum Gasteiger partial charge on any atom is 0.0830 e. The van der Waals surface area contributed by atoms with Crippen molar-refractivity contribution in [3.63, 3.8) is 0 Å². The molecule has 0 saturated carbocycles. The van der Waals surface area contributed by atoms with Gasteiger partial charge in [0.1, 0.15) is 0 Å². The van der Waals surface area contributed by atoms with Crippen LogP contribution in [0.3, 0.4) is 0 Å². The molecule has 0 aliphatic heterocycles. The zero-order valence-corrected chi connectivity index (χ0v) is 13.3. The van der Waals surface area contributed by atoms with Crippen LogP contribution in [0.1, 0.15) is 19.4 Å². The normalized spacial score (nSPS) is 12.9. The molecule has 15 heavy (non-hydrogen) atoms. The molecule has 3 heteroatoms. The van der Waals surface area contributed by atoms with Crippen molar-refractivity contribution in [2.24, 2.45) is 8.62 Å². The van der Waals surface area contributed by atoms with Crippen molar-refractivity contribution >= 4 is 51.2 Å². The number of rotatable bonds is 4. The molecule has 1 rings (SSSR count). The maximum atomic E-state index is 4.41. The van der Waals surface area contributed by atoms with Crippen molar-refractivity contribution < 1.29 is 0 Å². The quantitative estimate of drug-likeness (QED) is 0.382. The minimum atomic E-state index is 0.192. The van der Waals surface area contributed by atoms with E-state index in [2.05, 4.69) is 86.8 Å². The van der Waals surface area contributed by atoms with Gasteiger partial charge in [0.25, 0.3) is 0 Å². The third kappa shape index (κ3) is 4.01. The first kappa shape index (κ1) is 13.4. The molecule has 0 atom stereocenters. The highest BCUT2D eigenvalue weighted by Gasteiger charge is 2.23. The minimum Gasteiger partial charge on any atom is -0.223 e. The van der Waals surface area contributed by atoms with E-state index < -0.39 is 0 Å². The van der Waals surface area contributed by atoms with Crippen molar-refractivity contribution in [1.29, 1.82) is 0 Å². The van der Waals surface area contributed by atoms with Gasteiger partial charge in [-0.2, -0.15) is 0 Å². The Morgan fingerprint density at radius 2 is 1.87 bits per heavy atom. The molecular weight excluding hydrogens is 412 g/mol. The summed E-state index contributed by atoms with van der Waals surface area (Å²) in [5, 5.41) is 0. The molecule has 0 aliphatic carbocycles. The molecule has 0 radical (unpaired) electrons. The Balaban J connectivity index is 2.81. The van der Waals surface area contributed by atoms with Gasteiger partial charge >= 0.3 is 0 Å². The van der Waals surface area contributed by atoms with Gasteiger partial charge in [0.05, 0.1) is 22.9 Å². The van der Waals surface area contributed by atoms with E-state index in [1.54, 1.807) is 0 Å². The SMILES string of the molecule is CC(C)(CI)/C(Cc1ccccc1)=N/I. The first-order valence-electron chi connectivity index (χ1n) is 4.88. The van der Waals surface area contributed by atoms with Crippen LogP contribution in [0.25, 0.3) is 0 Å². The molecule has 0 fully saturated rings. The number of hydrogen-bond donors (Lipinski definition) is 0. The molecule has 0 spiro atoms. The Hall–Kier alpha value is 0.350. The van der Waals surface area contributed by atoms with Crippen LogP contribution >= 0.6 is 45.5 Å². The molecule has 0 heterocycles. The lowest BCUT2D eigenvalue weighted by Crippen LogP contribution is -2.27. The highest BCUT2D eigenvalue weighted by Crippen LogP contribution is 2.24. The van der Waals surface area contributed by atoms with Crippen molar-refractivity contribution in [1.82, 2.24) is 0 Å². The first-order chi connectivity index (χ1) is 7.10. The summed E-state index contributed by atoms with van der Waals surface area (Å²) in [7, 11) is 0. The van der Waals surface area contributed by atoms with Gasteiger partial charge in [-0.05, 0) is 5.56 Å². The van der Waals surface area contributed by atoms with Crippen LogP contribution in [0.5, 0.6) is 0 Å². The third-order valence-corrected chi connectivity index (χ3v) is 4.92. The van der Waals surface area contributed by atoms with Crippen molar-refractivity contribution in [2.45, 2.75) is 20.3 Å². The van der Waals surface area contributed by atoms with Gasteiger partial charge in [-0.25, -0.2) is 3.21 Å². The number of hydrogen-bond acceptors (Lipinski definition) is 1. The van der Waals surface area contributed by atoms with Gasteiger partial charge in [-0.1, -0.05) is 66.8 Å². The van der Waals surface area contributed by atoms with E-state index in [1.807, 2.05) is 6.07 Å². The van der Waals surface area contributed by atoms with E-state index in [0.717, 1.165) is 10.8 Å². The second-order valence-corrected chi connectivity index (χ2v) is 5.46. The van der Waals surface area contributed by atoms with Gasteiger partial charge in [0.2, 0.25) is 0 Å². The molecule has 1 aromatic rings. The summed E-state index contributed by atoms with van der Waals surface area (Å²) in [5.74, 6) is 0. The predicted molar refractivity (Wildman–Crippen MR) is 84.3 cm³/mol. The fourth-order valence-electron chi connectivity index (χ4n) is 1.25. The Kier molecular flexibility index (Phi) is 5.52. The summed E-state index contributed by atoms with van der Waals surface area (Å²) in [6.07, 6.45) is 0.958. The standard InChI is InChI=1S/C12H15I2N/c1-12(2,9-13)11(15-14)8-10-6-4-3-5-7-10/h3-7H,8-9H2,1-2H3/b15-11+. The fraction of sp³-hybridized carbons (Fsp3) is 0.417. The van der Waals surface area contributed by atoms with Crippen LogP contribution < -0.4 is 0 Å². The second-order valence-electron chi connectivity index (χ2n) is 4.21. The molecule has 0 bridgehead atoms. The zero-order chi connectivity index (χ0) is 11.3. The van der Waals surface area contributed by atoms with Crippen molar-refractivity contribution in [3.8, 4) is 0 Å². The number of nitrogens with zero attached hydrogens (tertiary/aromatic N) is 1. The molecule has 0 aromatic heterocycles. The highest BCUT2D eigenvalue weighted by atomic mass is 127. The number of alkyl halides is 1. The van der Waals surface area contributed by atoms with Crippen LogP contribution in [-0.2, 0) is 6.42 Å². The van der Waals surface area contributed by atoms with Crippen molar-refractivity contribution in [2.75, 3.05) is 4.43 Å². The number of benzene rings is 1. The summed E-state index contributed by atoms with van der Waals surface area (Å²) < 4.78 is 5.50. The fourth-order valence-corrected chi connectivity index (χ4v) is 2.51. The maximum absolute atomic E-state index is 4.41. The van der Waals surface area contributed by atoms with E-state index in [1.165, 1.54) is 11.3 Å². The molecule has 0 amide bonds. The Labute approximate surface area is 119 Å². The molecule has 1 nitrogen and oxygen atoms in total. The average molecular weight is 427 g/mol. The van der Waals surface area contributed by atoms with Crippen LogP contribution in [-0.4, -0.2) is 10.1 Å². The Bertz CT molecular complexity index is 331. The van der Waals surface area contributed by atoms with Crippen molar-refractivity contribution in [3.05, 3.63) is 35.9 Å². The summed E-state index contributed by atoms with van der Waals surface area (Å²) in [4.78, 5) is 0. The summed E-state index contributed by atoms with van der Waals surface area (Å²) >= 11 is 4.54. The first-order valence-corrected chi connectivity index (χ1v) is 7.37.